The van der Waals surface area contributed by atoms with Gasteiger partial charge in [-0.15, -0.1) is 0 Å². The van der Waals surface area contributed by atoms with Gasteiger partial charge in [-0.3, -0.25) is 4.79 Å². The molecule has 0 aromatic heterocycles. The summed E-state index contributed by atoms with van der Waals surface area (Å²) in [4.78, 5) is 13.6. The monoisotopic (exact) mass is 348 g/mol. The van der Waals surface area contributed by atoms with E-state index in [1.54, 1.807) is 0 Å². The van der Waals surface area contributed by atoms with Crippen molar-refractivity contribution in [3.63, 3.8) is 0 Å². The Hall–Kier alpha value is -1.35. The van der Waals surface area contributed by atoms with Crippen LogP contribution in [0.1, 0.15) is 51.0 Å². The second-order valence-electron chi connectivity index (χ2n) is 10.8. The summed E-state index contributed by atoms with van der Waals surface area (Å²) in [7, 11) is 0. The summed E-state index contributed by atoms with van der Waals surface area (Å²) >= 11 is 0. The van der Waals surface area contributed by atoms with Crippen molar-refractivity contribution in [3.05, 3.63) is 35.9 Å². The van der Waals surface area contributed by atoms with E-state index in [9.17, 15) is 4.79 Å². The molecule has 7 rings (SSSR count). The van der Waals surface area contributed by atoms with E-state index in [-0.39, 0.29) is 10.8 Å². The molecule has 1 spiro atoms. The summed E-state index contributed by atoms with van der Waals surface area (Å²) in [5.41, 5.74) is 2.44. The number of piperidine rings is 1. The zero-order valence-corrected chi connectivity index (χ0v) is 15.6. The number of carbonyl (C=O) groups excluding carboxylic acids is 1. The molecule has 6 aliphatic rings. The molecule has 2 bridgehead atoms. The molecule has 1 aromatic rings. The largest absolute Gasteiger partial charge is 0.351 e. The Balaban J connectivity index is 1.23. The van der Waals surface area contributed by atoms with E-state index in [4.69, 9.17) is 0 Å². The predicted molar refractivity (Wildman–Crippen MR) is 99.5 cm³/mol. The van der Waals surface area contributed by atoms with Crippen LogP contribution in [-0.4, -0.2) is 24.5 Å². The number of benzene rings is 1. The fourth-order valence-corrected chi connectivity index (χ4v) is 9.88. The number of hydrogen-bond acceptors (Lipinski definition) is 2. The Kier molecular flexibility index (Phi) is 2.29. The third-order valence-electron chi connectivity index (χ3n) is 10.1. The lowest BCUT2D eigenvalue weighted by Crippen LogP contribution is -2.97. The molecule has 1 aliphatic heterocycles. The van der Waals surface area contributed by atoms with Crippen molar-refractivity contribution in [3.8, 4) is 0 Å². The first-order chi connectivity index (χ1) is 12.5. The number of rotatable bonds is 3. The van der Waals surface area contributed by atoms with Gasteiger partial charge in [0.1, 0.15) is 0 Å². The van der Waals surface area contributed by atoms with Gasteiger partial charge < -0.3 is 10.6 Å². The van der Waals surface area contributed by atoms with Crippen LogP contribution < -0.4 is 10.6 Å². The topological polar surface area (TPSA) is 41.1 Å². The number of nitrogens with one attached hydrogen (secondary N) is 2. The maximum Gasteiger partial charge on any atom is 0.227 e. The molecule has 5 saturated carbocycles. The smallest absolute Gasteiger partial charge is 0.227 e. The Morgan fingerprint density at radius 3 is 2.65 bits per heavy atom. The van der Waals surface area contributed by atoms with Gasteiger partial charge in [-0.1, -0.05) is 37.3 Å². The number of carbonyl (C=O) groups is 1. The van der Waals surface area contributed by atoms with Gasteiger partial charge in [0.05, 0.1) is 5.41 Å². The summed E-state index contributed by atoms with van der Waals surface area (Å²) in [5.74, 6) is 1.99. The fraction of sp³-hybridized carbons (Fsp3) is 0.696. The highest BCUT2D eigenvalue weighted by Crippen LogP contribution is 3.01. The van der Waals surface area contributed by atoms with Crippen LogP contribution in [0.5, 0.6) is 0 Å². The lowest BCUT2D eigenvalue weighted by Gasteiger charge is -2.98. The van der Waals surface area contributed by atoms with Crippen molar-refractivity contribution in [1.29, 1.82) is 0 Å². The minimum Gasteiger partial charge on any atom is -0.351 e. The molecular formula is C23H28N2O. The molecule has 1 aromatic carbocycles. The first kappa shape index (κ1) is 14.7. The summed E-state index contributed by atoms with van der Waals surface area (Å²) in [6.07, 6.45) is 7.35. The Labute approximate surface area is 155 Å². The highest BCUT2D eigenvalue weighted by atomic mass is 16.2. The van der Waals surface area contributed by atoms with Gasteiger partial charge in [-0.05, 0) is 67.9 Å². The van der Waals surface area contributed by atoms with Crippen LogP contribution in [0.3, 0.4) is 0 Å². The Bertz CT molecular complexity index is 838. The van der Waals surface area contributed by atoms with Crippen molar-refractivity contribution in [2.45, 2.75) is 62.9 Å². The van der Waals surface area contributed by atoms with Crippen molar-refractivity contribution < 1.29 is 4.79 Å². The van der Waals surface area contributed by atoms with E-state index < -0.39 is 0 Å². The minimum absolute atomic E-state index is 0.0550. The summed E-state index contributed by atoms with van der Waals surface area (Å²) in [5, 5.41) is 7.14. The molecule has 0 radical (unpaired) electrons. The van der Waals surface area contributed by atoms with Crippen LogP contribution in [0.2, 0.25) is 0 Å². The van der Waals surface area contributed by atoms with Crippen molar-refractivity contribution in [2.24, 2.45) is 28.1 Å². The van der Waals surface area contributed by atoms with Crippen LogP contribution in [0.4, 0.5) is 0 Å². The third-order valence-corrected chi connectivity index (χ3v) is 10.1. The second-order valence-corrected chi connectivity index (χ2v) is 10.8. The average molecular weight is 348 g/mol. The van der Waals surface area contributed by atoms with Crippen LogP contribution in [0.25, 0.3) is 0 Å². The highest BCUT2D eigenvalue weighted by Gasteiger charge is 2.99. The number of hydrogen-bond donors (Lipinski definition) is 2. The molecule has 8 atom stereocenters. The molecule has 3 heteroatoms. The Morgan fingerprint density at radius 1 is 1.15 bits per heavy atom. The molecule has 1 heterocycles. The molecule has 3 nitrogen and oxygen atoms in total. The standard InChI is InChI=1S/C23H28N2O/c1-20-9-16-10-21(19(26)25-18-8-14-7-17(18)24-11-14)13-22(12-20,23(16,20)21)15-5-3-2-4-6-15/h2-6,14,16-18,24H,7-13H2,1H3,(H,25,26). The van der Waals surface area contributed by atoms with Crippen LogP contribution >= 0.6 is 0 Å². The third kappa shape index (κ3) is 1.19. The summed E-state index contributed by atoms with van der Waals surface area (Å²) in [6.45, 7) is 3.63. The Morgan fingerprint density at radius 2 is 2.00 bits per heavy atom. The van der Waals surface area contributed by atoms with E-state index >= 15 is 0 Å². The maximum absolute atomic E-state index is 13.6. The second kappa shape index (κ2) is 4.06. The zero-order chi connectivity index (χ0) is 17.4. The quantitative estimate of drug-likeness (QED) is 0.882. The van der Waals surface area contributed by atoms with Crippen molar-refractivity contribution >= 4 is 5.91 Å². The van der Waals surface area contributed by atoms with Crippen molar-refractivity contribution in [1.82, 2.24) is 10.6 Å². The van der Waals surface area contributed by atoms with Gasteiger partial charge in [0, 0.05) is 22.9 Å². The number of amides is 1. The maximum atomic E-state index is 13.6. The fourth-order valence-electron chi connectivity index (χ4n) is 9.88. The zero-order valence-electron chi connectivity index (χ0n) is 15.6. The molecular weight excluding hydrogens is 320 g/mol. The van der Waals surface area contributed by atoms with Crippen LogP contribution in [-0.2, 0) is 10.2 Å². The minimum atomic E-state index is -0.0550. The molecule has 1 amide bonds. The summed E-state index contributed by atoms with van der Waals surface area (Å²) in [6, 6.07) is 12.0. The summed E-state index contributed by atoms with van der Waals surface area (Å²) < 4.78 is 0. The lowest BCUT2D eigenvalue weighted by atomic mass is 9.04. The lowest BCUT2D eigenvalue weighted by molar-refractivity contribution is -0.472. The molecule has 5 aliphatic carbocycles. The molecule has 6 fully saturated rings. The van der Waals surface area contributed by atoms with Crippen molar-refractivity contribution in [2.75, 3.05) is 6.54 Å². The molecule has 1 saturated heterocycles. The average Bonchev–Trinajstić information content (AvgIpc) is 3.19. The van der Waals surface area contributed by atoms with Crippen LogP contribution in [0.15, 0.2) is 30.3 Å². The van der Waals surface area contributed by atoms with E-state index in [1.165, 1.54) is 31.2 Å². The molecule has 8 unspecified atom stereocenters. The predicted octanol–water partition coefficient (Wildman–Crippen LogP) is 3.00. The van der Waals surface area contributed by atoms with E-state index in [1.807, 2.05) is 0 Å². The molecule has 136 valence electrons. The van der Waals surface area contributed by atoms with E-state index in [0.29, 0.717) is 28.8 Å². The van der Waals surface area contributed by atoms with Crippen LogP contribution in [0, 0.1) is 28.1 Å². The normalized spacial score (nSPS) is 57.0. The van der Waals surface area contributed by atoms with E-state index in [2.05, 4.69) is 47.9 Å². The van der Waals surface area contributed by atoms with Gasteiger partial charge >= 0.3 is 0 Å². The van der Waals surface area contributed by atoms with Gasteiger partial charge in [0.25, 0.3) is 0 Å². The van der Waals surface area contributed by atoms with Gasteiger partial charge in [0.2, 0.25) is 5.91 Å². The van der Waals surface area contributed by atoms with E-state index in [0.717, 1.165) is 31.2 Å². The SMILES string of the molecule is CC12CC3CC4(C(=O)NC5CC6CNC5C6)CC(c5ccccc5)(C1)C324. The molecule has 26 heavy (non-hydrogen) atoms. The van der Waals surface area contributed by atoms with Gasteiger partial charge in [-0.25, -0.2) is 0 Å². The molecule has 2 N–H and O–H groups in total. The highest BCUT2D eigenvalue weighted by molar-refractivity contribution is 5.90. The van der Waals surface area contributed by atoms with Gasteiger partial charge in [-0.2, -0.15) is 0 Å². The first-order valence-electron chi connectivity index (χ1n) is 10.6. The first-order valence-corrected chi connectivity index (χ1v) is 10.6. The number of fused-ring (bicyclic) bond motifs is 2. The van der Waals surface area contributed by atoms with Gasteiger partial charge in [0.15, 0.2) is 0 Å².